The van der Waals surface area contributed by atoms with Gasteiger partial charge in [-0.15, -0.1) is 0 Å². The number of carbonyl (C=O) groups is 1. The molecule has 5 rings (SSSR count). The van der Waals surface area contributed by atoms with Crippen LogP contribution in [0.2, 0.25) is 10.0 Å². The Labute approximate surface area is 218 Å². The molecule has 10 heteroatoms. The summed E-state index contributed by atoms with van der Waals surface area (Å²) in [6.45, 7) is 6.02. The number of imidazole rings is 1. The van der Waals surface area contributed by atoms with Crippen molar-refractivity contribution in [2.75, 3.05) is 17.7 Å². The highest BCUT2D eigenvalue weighted by atomic mass is 35.5. The molecule has 1 aliphatic rings. The summed E-state index contributed by atoms with van der Waals surface area (Å²) in [5, 5.41) is 1.15. The fourth-order valence-electron chi connectivity index (χ4n) is 4.66. The Balaban J connectivity index is 1.80. The van der Waals surface area contributed by atoms with E-state index in [4.69, 9.17) is 38.7 Å². The molecule has 8 nitrogen and oxygen atoms in total. The third-order valence-electron chi connectivity index (χ3n) is 6.23. The molecule has 2 aromatic heterocycles. The van der Waals surface area contributed by atoms with Crippen molar-refractivity contribution in [1.29, 1.82) is 0 Å². The Bertz CT molecular complexity index is 1480. The number of hydrogen-bond acceptors (Lipinski definition) is 6. The van der Waals surface area contributed by atoms with Gasteiger partial charge < -0.3 is 15.0 Å². The van der Waals surface area contributed by atoms with Gasteiger partial charge in [0.15, 0.2) is 5.69 Å². The number of methoxy groups -OCH3 is 1. The molecule has 1 atom stereocenters. The van der Waals surface area contributed by atoms with Crippen molar-refractivity contribution in [3.63, 3.8) is 0 Å². The summed E-state index contributed by atoms with van der Waals surface area (Å²) in [5.41, 5.74) is 9.95. The standard InChI is InChI=1S/C26H24Cl2N6O2/c1-13(2)33-22-20(31-23(33)18-12-30-26(29)32-24(18)36-4)25(35)34(19-11-17(28)8-5-14(19)3)21(22)15-6-9-16(27)10-7-15/h5-13,21H,1-4H3,(H2,29,30,32). The normalized spacial score (nSPS) is 15.0. The van der Waals surface area contributed by atoms with Crippen LogP contribution in [0.25, 0.3) is 11.4 Å². The van der Waals surface area contributed by atoms with Gasteiger partial charge in [0.2, 0.25) is 11.8 Å². The highest BCUT2D eigenvalue weighted by Crippen LogP contribution is 2.46. The number of hydrogen-bond donors (Lipinski definition) is 1. The van der Waals surface area contributed by atoms with E-state index in [2.05, 4.69) is 9.97 Å². The molecule has 0 bridgehead atoms. The van der Waals surface area contributed by atoms with E-state index in [1.54, 1.807) is 17.2 Å². The van der Waals surface area contributed by atoms with Gasteiger partial charge in [-0.05, 0) is 56.2 Å². The van der Waals surface area contributed by atoms with Gasteiger partial charge in [0, 0.05) is 28.0 Å². The number of aromatic nitrogens is 4. The lowest BCUT2D eigenvalue weighted by molar-refractivity contribution is 0.0989. The van der Waals surface area contributed by atoms with Gasteiger partial charge in [-0.2, -0.15) is 4.98 Å². The summed E-state index contributed by atoms with van der Waals surface area (Å²) in [7, 11) is 1.51. The molecular formula is C26H24Cl2N6O2. The lowest BCUT2D eigenvalue weighted by Crippen LogP contribution is -2.31. The molecule has 36 heavy (non-hydrogen) atoms. The second kappa shape index (κ2) is 9.11. The van der Waals surface area contributed by atoms with E-state index in [9.17, 15) is 4.79 Å². The van der Waals surface area contributed by atoms with Crippen LogP contribution in [0, 0.1) is 6.92 Å². The number of nitrogens with zero attached hydrogens (tertiary/aromatic N) is 5. The Morgan fingerprint density at radius 3 is 2.42 bits per heavy atom. The second-order valence-corrected chi connectivity index (χ2v) is 9.72. The molecular weight excluding hydrogens is 499 g/mol. The zero-order valence-corrected chi connectivity index (χ0v) is 21.7. The first-order valence-electron chi connectivity index (χ1n) is 11.4. The third kappa shape index (κ3) is 3.86. The molecule has 1 unspecified atom stereocenters. The Morgan fingerprint density at radius 1 is 1.06 bits per heavy atom. The average Bonchev–Trinajstić information content (AvgIpc) is 3.36. The van der Waals surface area contributed by atoms with Gasteiger partial charge in [-0.3, -0.25) is 9.69 Å². The quantitative estimate of drug-likeness (QED) is 0.351. The van der Waals surface area contributed by atoms with Crippen LogP contribution in [0.5, 0.6) is 5.88 Å². The fraction of sp³-hybridized carbons (Fsp3) is 0.231. The van der Waals surface area contributed by atoms with Crippen LogP contribution in [0.1, 0.15) is 53.2 Å². The average molecular weight is 523 g/mol. The number of amides is 1. The van der Waals surface area contributed by atoms with Gasteiger partial charge in [0.1, 0.15) is 11.9 Å². The summed E-state index contributed by atoms with van der Waals surface area (Å²) < 4.78 is 7.51. The van der Waals surface area contributed by atoms with Crippen molar-refractivity contribution in [3.05, 3.63) is 81.2 Å². The molecule has 3 heterocycles. The number of rotatable bonds is 5. The van der Waals surface area contributed by atoms with Crippen molar-refractivity contribution in [1.82, 2.24) is 19.5 Å². The first-order valence-corrected chi connectivity index (χ1v) is 12.1. The number of fused-ring (bicyclic) bond motifs is 1. The number of benzene rings is 2. The molecule has 0 aliphatic carbocycles. The largest absolute Gasteiger partial charge is 0.480 e. The fourth-order valence-corrected chi connectivity index (χ4v) is 4.95. The zero-order valence-electron chi connectivity index (χ0n) is 20.2. The molecule has 1 amide bonds. The monoisotopic (exact) mass is 522 g/mol. The first kappa shape index (κ1) is 24.1. The first-order chi connectivity index (χ1) is 17.2. The van der Waals surface area contributed by atoms with E-state index in [-0.39, 0.29) is 23.8 Å². The van der Waals surface area contributed by atoms with Crippen LogP contribution in [0.15, 0.2) is 48.7 Å². The van der Waals surface area contributed by atoms with E-state index < -0.39 is 6.04 Å². The smallest absolute Gasteiger partial charge is 0.279 e. The van der Waals surface area contributed by atoms with Crippen LogP contribution in [0.4, 0.5) is 11.6 Å². The Hall–Kier alpha value is -3.62. The summed E-state index contributed by atoms with van der Waals surface area (Å²) in [6.07, 6.45) is 1.57. The summed E-state index contributed by atoms with van der Waals surface area (Å²) in [4.78, 5) is 29.0. The SMILES string of the molecule is COc1nc(N)ncc1-c1nc2c(n1C(C)C)C(c1ccc(Cl)cc1)N(c1cc(Cl)ccc1C)C2=O. The number of aryl methyl sites for hydroxylation is 1. The summed E-state index contributed by atoms with van der Waals surface area (Å²) >= 11 is 12.6. The number of ether oxygens (including phenoxy) is 1. The number of nitrogen functional groups attached to an aromatic ring is 1. The minimum Gasteiger partial charge on any atom is -0.480 e. The maximum Gasteiger partial charge on any atom is 0.279 e. The Morgan fingerprint density at radius 2 is 1.75 bits per heavy atom. The van der Waals surface area contributed by atoms with Gasteiger partial charge in [0.25, 0.3) is 5.91 Å². The predicted octanol–water partition coefficient (Wildman–Crippen LogP) is 5.88. The molecule has 4 aromatic rings. The van der Waals surface area contributed by atoms with Crippen LogP contribution in [-0.2, 0) is 0 Å². The maximum absolute atomic E-state index is 14.0. The van der Waals surface area contributed by atoms with E-state index in [1.807, 2.05) is 61.7 Å². The molecule has 2 N–H and O–H groups in total. The number of anilines is 2. The maximum atomic E-state index is 14.0. The molecule has 0 spiro atoms. The van der Waals surface area contributed by atoms with Gasteiger partial charge in [-0.1, -0.05) is 41.4 Å². The van der Waals surface area contributed by atoms with E-state index in [0.29, 0.717) is 27.1 Å². The van der Waals surface area contributed by atoms with Gasteiger partial charge in [-0.25, -0.2) is 9.97 Å². The van der Waals surface area contributed by atoms with Gasteiger partial charge >= 0.3 is 0 Å². The van der Waals surface area contributed by atoms with Crippen molar-refractivity contribution in [3.8, 4) is 17.3 Å². The van der Waals surface area contributed by atoms with Gasteiger partial charge in [0.05, 0.1) is 18.4 Å². The third-order valence-corrected chi connectivity index (χ3v) is 6.71. The lowest BCUT2D eigenvalue weighted by Gasteiger charge is -2.29. The highest BCUT2D eigenvalue weighted by molar-refractivity contribution is 6.31. The van der Waals surface area contributed by atoms with E-state index >= 15 is 0 Å². The molecule has 2 aromatic carbocycles. The number of halogens is 2. The Kier molecular flexibility index (Phi) is 6.10. The summed E-state index contributed by atoms with van der Waals surface area (Å²) in [6, 6.07) is 12.5. The molecule has 0 saturated carbocycles. The topological polar surface area (TPSA) is 99.2 Å². The molecule has 184 valence electrons. The number of carbonyl (C=O) groups excluding carboxylic acids is 1. The van der Waals surface area contributed by atoms with Crippen molar-refractivity contribution in [2.45, 2.75) is 32.9 Å². The van der Waals surface area contributed by atoms with Crippen molar-refractivity contribution in [2.24, 2.45) is 0 Å². The van der Waals surface area contributed by atoms with Crippen LogP contribution in [-0.4, -0.2) is 32.5 Å². The highest BCUT2D eigenvalue weighted by Gasteiger charge is 2.45. The van der Waals surface area contributed by atoms with Crippen molar-refractivity contribution < 1.29 is 9.53 Å². The molecule has 0 saturated heterocycles. The zero-order chi connectivity index (χ0) is 25.7. The molecule has 0 radical (unpaired) electrons. The van der Waals surface area contributed by atoms with Crippen LogP contribution in [0.3, 0.4) is 0 Å². The van der Waals surface area contributed by atoms with E-state index in [0.717, 1.165) is 22.5 Å². The minimum absolute atomic E-state index is 0.0542. The van der Waals surface area contributed by atoms with Crippen molar-refractivity contribution >= 4 is 40.7 Å². The molecule has 0 fully saturated rings. The van der Waals surface area contributed by atoms with Crippen LogP contribution >= 0.6 is 23.2 Å². The van der Waals surface area contributed by atoms with Crippen LogP contribution < -0.4 is 15.4 Å². The minimum atomic E-state index is -0.466. The number of nitrogens with two attached hydrogens (primary N) is 1. The summed E-state index contributed by atoms with van der Waals surface area (Å²) in [5.74, 6) is 0.669. The predicted molar refractivity (Wildman–Crippen MR) is 141 cm³/mol. The lowest BCUT2D eigenvalue weighted by atomic mass is 10.0. The second-order valence-electron chi connectivity index (χ2n) is 8.84. The van der Waals surface area contributed by atoms with E-state index in [1.165, 1.54) is 7.11 Å². The molecule has 1 aliphatic heterocycles.